The van der Waals surface area contributed by atoms with Gasteiger partial charge in [0.05, 0.1) is 16.0 Å². The summed E-state index contributed by atoms with van der Waals surface area (Å²) in [6.45, 7) is 0.0556. The Balaban J connectivity index is 1.35. The normalized spacial score (nSPS) is 14.2. The molecule has 7 nitrogen and oxygen atoms in total. The van der Waals surface area contributed by atoms with E-state index in [-0.39, 0.29) is 48.5 Å². The van der Waals surface area contributed by atoms with Crippen LogP contribution in [0.1, 0.15) is 43.7 Å². The number of nitrogens with zero attached hydrogens (tertiary/aromatic N) is 1. The fourth-order valence-corrected chi connectivity index (χ4v) is 6.55. The number of thiophene rings is 1. The number of benzene rings is 2. The maximum absolute atomic E-state index is 13.2. The van der Waals surface area contributed by atoms with Gasteiger partial charge in [0.15, 0.2) is 9.84 Å². The molecule has 3 aromatic rings. The Bertz CT molecular complexity index is 1240. The molecule has 1 aliphatic heterocycles. The van der Waals surface area contributed by atoms with Crippen molar-refractivity contribution < 1.29 is 22.8 Å². The van der Waals surface area contributed by atoms with Gasteiger partial charge in [0.2, 0.25) is 5.91 Å². The smallest absolute Gasteiger partial charge is 0.261 e. The summed E-state index contributed by atoms with van der Waals surface area (Å²) in [4.78, 5) is 39.3. The predicted octanol–water partition coefficient (Wildman–Crippen LogP) is 3.46. The second-order valence-electron chi connectivity index (χ2n) is 7.58. The maximum Gasteiger partial charge on any atom is 0.261 e. The van der Waals surface area contributed by atoms with Gasteiger partial charge < -0.3 is 5.32 Å². The molecule has 0 saturated carbocycles. The average molecular weight is 483 g/mol. The summed E-state index contributed by atoms with van der Waals surface area (Å²) < 4.78 is 26.4. The van der Waals surface area contributed by atoms with E-state index >= 15 is 0 Å². The lowest BCUT2D eigenvalue weighted by atomic mass is 10.1. The first-order valence-electron chi connectivity index (χ1n) is 10.4. The van der Waals surface area contributed by atoms with E-state index in [9.17, 15) is 22.8 Å². The Labute approximate surface area is 196 Å². The van der Waals surface area contributed by atoms with Crippen LogP contribution in [-0.2, 0) is 14.6 Å². The fraction of sp³-hybridized carbons (Fsp3) is 0.208. The Morgan fingerprint density at radius 1 is 0.909 bits per heavy atom. The Morgan fingerprint density at radius 2 is 1.55 bits per heavy atom. The Kier molecular flexibility index (Phi) is 6.71. The number of nitrogens with one attached hydrogen (secondary N) is 1. The summed E-state index contributed by atoms with van der Waals surface area (Å²) in [6.07, 6.45) is 0.350. The van der Waals surface area contributed by atoms with Gasteiger partial charge in [-0.2, -0.15) is 0 Å². The number of rotatable bonds is 9. The van der Waals surface area contributed by atoms with Crippen LogP contribution in [0.5, 0.6) is 0 Å². The molecule has 0 bridgehead atoms. The molecule has 0 spiro atoms. The highest BCUT2D eigenvalue weighted by atomic mass is 32.2. The van der Waals surface area contributed by atoms with Crippen molar-refractivity contribution in [2.24, 2.45) is 0 Å². The highest BCUT2D eigenvalue weighted by Gasteiger charge is 2.35. The third-order valence-electron chi connectivity index (χ3n) is 5.46. The van der Waals surface area contributed by atoms with E-state index in [1.165, 1.54) is 11.3 Å². The molecule has 0 aliphatic carbocycles. The van der Waals surface area contributed by atoms with E-state index in [1.54, 1.807) is 72.1 Å². The minimum Gasteiger partial charge on any atom is -0.354 e. The van der Waals surface area contributed by atoms with E-state index in [4.69, 9.17) is 0 Å². The van der Waals surface area contributed by atoms with Crippen molar-refractivity contribution in [3.63, 3.8) is 0 Å². The van der Waals surface area contributed by atoms with Crippen molar-refractivity contribution in [3.05, 3.63) is 88.1 Å². The van der Waals surface area contributed by atoms with Gasteiger partial charge in [0.1, 0.15) is 5.25 Å². The van der Waals surface area contributed by atoms with Gasteiger partial charge in [-0.1, -0.05) is 36.4 Å². The van der Waals surface area contributed by atoms with Gasteiger partial charge in [0.25, 0.3) is 11.8 Å². The molecular formula is C24H22N2O5S2. The van der Waals surface area contributed by atoms with Crippen molar-refractivity contribution in [2.45, 2.75) is 23.0 Å². The van der Waals surface area contributed by atoms with Gasteiger partial charge in [-0.3, -0.25) is 19.3 Å². The second-order valence-corrected chi connectivity index (χ2v) is 10.7. The highest BCUT2D eigenvalue weighted by Crippen LogP contribution is 2.31. The molecule has 1 atom stereocenters. The van der Waals surface area contributed by atoms with E-state index in [0.717, 1.165) is 4.90 Å². The van der Waals surface area contributed by atoms with Gasteiger partial charge in [-0.05, 0) is 42.1 Å². The molecule has 9 heteroatoms. The number of sulfone groups is 1. The summed E-state index contributed by atoms with van der Waals surface area (Å²) in [5, 5.41) is 3.61. The summed E-state index contributed by atoms with van der Waals surface area (Å²) in [6, 6.07) is 18.3. The van der Waals surface area contributed by atoms with Crippen LogP contribution in [-0.4, -0.2) is 44.1 Å². The number of carbonyl (C=O) groups is 3. The first kappa shape index (κ1) is 22.9. The van der Waals surface area contributed by atoms with Crippen LogP contribution in [0.4, 0.5) is 0 Å². The average Bonchev–Trinajstić information content (AvgIpc) is 3.43. The molecule has 1 N–H and O–H groups in total. The van der Waals surface area contributed by atoms with Crippen LogP contribution in [0.2, 0.25) is 0 Å². The zero-order valence-electron chi connectivity index (χ0n) is 17.6. The molecule has 33 heavy (non-hydrogen) atoms. The lowest BCUT2D eigenvalue weighted by Gasteiger charge is -2.18. The number of hydrogen-bond donors (Lipinski definition) is 1. The van der Waals surface area contributed by atoms with Crippen molar-refractivity contribution in [1.82, 2.24) is 10.2 Å². The van der Waals surface area contributed by atoms with E-state index in [2.05, 4.69) is 5.32 Å². The summed E-state index contributed by atoms with van der Waals surface area (Å²) in [7, 11) is -3.70. The highest BCUT2D eigenvalue weighted by molar-refractivity contribution is 7.91. The number of fused-ring (bicyclic) bond motifs is 1. The molecule has 170 valence electrons. The third-order valence-corrected chi connectivity index (χ3v) is 8.69. The van der Waals surface area contributed by atoms with Gasteiger partial charge in [-0.15, -0.1) is 11.3 Å². The lowest BCUT2D eigenvalue weighted by molar-refractivity contribution is -0.121. The zero-order chi connectivity index (χ0) is 23.4. The molecule has 1 unspecified atom stereocenters. The third kappa shape index (κ3) is 4.74. The molecule has 3 amide bonds. The zero-order valence-corrected chi connectivity index (χ0v) is 19.3. The standard InChI is InChI=1S/C24H22N2O5S2/c27-22(13-6-14-26-23(28)18-10-4-5-11-19(18)24(26)29)25-16-21(20-12-7-15-32-20)33(30,31)17-8-2-1-3-9-17/h1-5,7-12,15,21H,6,13-14,16H2,(H,25,27). The van der Waals surface area contributed by atoms with Gasteiger partial charge in [-0.25, -0.2) is 8.42 Å². The number of amides is 3. The van der Waals surface area contributed by atoms with Crippen LogP contribution in [0, 0.1) is 0 Å². The van der Waals surface area contributed by atoms with Crippen molar-refractivity contribution >= 4 is 38.9 Å². The number of hydrogen-bond acceptors (Lipinski definition) is 6. The van der Waals surface area contributed by atoms with Crippen molar-refractivity contribution in [2.75, 3.05) is 13.1 Å². The molecule has 1 aromatic heterocycles. The first-order chi connectivity index (χ1) is 15.9. The van der Waals surface area contributed by atoms with Crippen LogP contribution in [0.15, 0.2) is 77.0 Å². The molecule has 4 rings (SSSR count). The molecule has 0 radical (unpaired) electrons. The van der Waals surface area contributed by atoms with E-state index in [0.29, 0.717) is 16.0 Å². The molecule has 0 saturated heterocycles. The van der Waals surface area contributed by atoms with Gasteiger partial charge in [0, 0.05) is 24.4 Å². The molecular weight excluding hydrogens is 460 g/mol. The lowest BCUT2D eigenvalue weighted by Crippen LogP contribution is -2.33. The molecule has 2 heterocycles. The molecule has 2 aromatic carbocycles. The monoisotopic (exact) mass is 482 g/mol. The Morgan fingerprint density at radius 3 is 2.15 bits per heavy atom. The molecule has 1 aliphatic rings. The summed E-state index contributed by atoms with van der Waals surface area (Å²) >= 11 is 1.32. The molecule has 0 fully saturated rings. The summed E-state index contributed by atoms with van der Waals surface area (Å²) in [5.74, 6) is -1.05. The predicted molar refractivity (Wildman–Crippen MR) is 125 cm³/mol. The minimum atomic E-state index is -3.70. The Hall–Kier alpha value is -3.30. The van der Waals surface area contributed by atoms with Crippen molar-refractivity contribution in [3.8, 4) is 0 Å². The SMILES string of the molecule is O=C(CCCN1C(=O)c2ccccc2C1=O)NCC(c1cccs1)S(=O)(=O)c1ccccc1. The quantitative estimate of drug-likeness (QED) is 0.471. The topological polar surface area (TPSA) is 101 Å². The van der Waals surface area contributed by atoms with Crippen LogP contribution < -0.4 is 5.32 Å². The fourth-order valence-electron chi connectivity index (χ4n) is 3.75. The summed E-state index contributed by atoms with van der Waals surface area (Å²) in [5.41, 5.74) is 0.744. The largest absolute Gasteiger partial charge is 0.354 e. The minimum absolute atomic E-state index is 0.0654. The van der Waals surface area contributed by atoms with Crippen LogP contribution in [0.3, 0.4) is 0 Å². The first-order valence-corrected chi connectivity index (χ1v) is 12.9. The van der Waals surface area contributed by atoms with E-state index < -0.39 is 15.1 Å². The van der Waals surface area contributed by atoms with Crippen LogP contribution in [0.25, 0.3) is 0 Å². The second kappa shape index (κ2) is 9.68. The maximum atomic E-state index is 13.2. The van der Waals surface area contributed by atoms with Gasteiger partial charge >= 0.3 is 0 Å². The number of carbonyl (C=O) groups excluding carboxylic acids is 3. The van der Waals surface area contributed by atoms with Crippen LogP contribution >= 0.6 is 11.3 Å². The van der Waals surface area contributed by atoms with Crippen molar-refractivity contribution in [1.29, 1.82) is 0 Å². The van der Waals surface area contributed by atoms with E-state index in [1.807, 2.05) is 0 Å². The number of imide groups is 1.